The van der Waals surface area contributed by atoms with E-state index < -0.39 is 73.5 Å². The van der Waals surface area contributed by atoms with Gasteiger partial charge in [0.25, 0.3) is 0 Å². The lowest BCUT2D eigenvalue weighted by Gasteiger charge is -2.43. The molecule has 0 aliphatic carbocycles. The van der Waals surface area contributed by atoms with Gasteiger partial charge in [-0.15, -0.1) is 0 Å². The standard InChI is InChI=1S/C35H55N5O10Si/c1-32(2,3)50-31(44)39-25(20-24(37-38-36)22-48-51(11,12)33(4,5)6)18-19-35(39,29(42)46-10)27-26(28(41)45-9)40(34(7,8)49-27)30(43)47-21-23-16-14-13-15-17-23/h13-17,24-27H,18-22H2,1-12H3/t24?,25-,26-,27+,35-/m1/s1. The average molecular weight is 734 g/mol. The topological polar surface area (TPSA) is 179 Å². The van der Waals surface area contributed by atoms with E-state index in [1.807, 2.05) is 6.07 Å². The van der Waals surface area contributed by atoms with Crippen molar-refractivity contribution in [1.82, 2.24) is 9.80 Å². The summed E-state index contributed by atoms with van der Waals surface area (Å²) < 4.78 is 35.0. The van der Waals surface area contributed by atoms with Gasteiger partial charge in [-0.05, 0) is 83.1 Å². The summed E-state index contributed by atoms with van der Waals surface area (Å²) in [6, 6.07) is 5.95. The summed E-state index contributed by atoms with van der Waals surface area (Å²) in [6.45, 7) is 18.6. The highest BCUT2D eigenvalue weighted by atomic mass is 28.4. The maximum absolute atomic E-state index is 14.3. The Morgan fingerprint density at radius 3 is 2.18 bits per heavy atom. The van der Waals surface area contributed by atoms with Gasteiger partial charge in [0, 0.05) is 17.6 Å². The van der Waals surface area contributed by atoms with Gasteiger partial charge in [0.2, 0.25) is 0 Å². The molecule has 15 nitrogen and oxygen atoms in total. The van der Waals surface area contributed by atoms with Crippen LogP contribution in [0.2, 0.25) is 18.1 Å². The first-order valence-corrected chi connectivity index (χ1v) is 20.0. The number of amides is 2. The van der Waals surface area contributed by atoms with E-state index in [4.69, 9.17) is 28.1 Å². The number of azide groups is 1. The molecule has 51 heavy (non-hydrogen) atoms. The van der Waals surface area contributed by atoms with Crippen LogP contribution in [-0.4, -0.2) is 104 Å². The Bertz CT molecular complexity index is 1470. The summed E-state index contributed by atoms with van der Waals surface area (Å²) >= 11 is 0. The third-order valence-electron chi connectivity index (χ3n) is 9.86. The molecule has 2 saturated heterocycles. The van der Waals surface area contributed by atoms with Crippen molar-refractivity contribution in [3.63, 3.8) is 0 Å². The Balaban J connectivity index is 2.14. The van der Waals surface area contributed by atoms with Crippen molar-refractivity contribution in [3.05, 3.63) is 46.3 Å². The molecule has 0 bridgehead atoms. The van der Waals surface area contributed by atoms with Crippen molar-refractivity contribution in [2.75, 3.05) is 20.8 Å². The fourth-order valence-electron chi connectivity index (χ4n) is 6.37. The molecule has 5 atom stereocenters. The molecule has 0 saturated carbocycles. The molecule has 2 heterocycles. The number of ether oxygens (including phenoxy) is 5. The molecular formula is C35H55N5O10Si. The second kappa shape index (κ2) is 15.8. The van der Waals surface area contributed by atoms with Gasteiger partial charge in [-0.2, -0.15) is 0 Å². The Hall–Kier alpha value is -3.85. The van der Waals surface area contributed by atoms with Crippen molar-refractivity contribution in [2.45, 2.75) is 140 Å². The smallest absolute Gasteiger partial charge is 0.413 e. The molecule has 284 valence electrons. The molecule has 16 heteroatoms. The van der Waals surface area contributed by atoms with Crippen LogP contribution in [0.3, 0.4) is 0 Å². The third kappa shape index (κ3) is 9.15. The van der Waals surface area contributed by atoms with Gasteiger partial charge in [0.1, 0.15) is 24.0 Å². The van der Waals surface area contributed by atoms with Crippen LogP contribution < -0.4 is 0 Å². The number of hydrogen-bond acceptors (Lipinski definition) is 11. The average Bonchev–Trinajstić information content (AvgIpc) is 3.56. The van der Waals surface area contributed by atoms with E-state index in [0.717, 1.165) is 12.0 Å². The second-order valence-electron chi connectivity index (χ2n) is 16.0. The summed E-state index contributed by atoms with van der Waals surface area (Å²) in [4.78, 5) is 61.5. The number of hydrogen-bond donors (Lipinski definition) is 0. The lowest BCUT2D eigenvalue weighted by atomic mass is 9.84. The second-order valence-corrected chi connectivity index (χ2v) is 20.8. The molecule has 1 aromatic carbocycles. The predicted molar refractivity (Wildman–Crippen MR) is 190 cm³/mol. The van der Waals surface area contributed by atoms with Gasteiger partial charge >= 0.3 is 24.1 Å². The Labute approximate surface area is 301 Å². The van der Waals surface area contributed by atoms with Crippen LogP contribution in [0.4, 0.5) is 9.59 Å². The van der Waals surface area contributed by atoms with Gasteiger partial charge in [0.05, 0.1) is 20.3 Å². The molecule has 2 fully saturated rings. The van der Waals surface area contributed by atoms with Crippen LogP contribution in [0, 0.1) is 0 Å². The Kier molecular flexibility index (Phi) is 12.9. The molecule has 2 amide bonds. The molecule has 0 N–H and O–H groups in total. The van der Waals surface area contributed by atoms with Crippen LogP contribution in [0.25, 0.3) is 10.4 Å². The number of rotatable bonds is 11. The van der Waals surface area contributed by atoms with Crippen LogP contribution in [0.5, 0.6) is 0 Å². The minimum atomic E-state index is -2.27. The van der Waals surface area contributed by atoms with Crippen LogP contribution in [0.15, 0.2) is 35.4 Å². The van der Waals surface area contributed by atoms with Crippen molar-refractivity contribution >= 4 is 32.4 Å². The van der Waals surface area contributed by atoms with Crippen molar-refractivity contribution in [1.29, 1.82) is 0 Å². The summed E-state index contributed by atoms with van der Waals surface area (Å²) in [7, 11) is 0.0492. The highest BCUT2D eigenvalue weighted by Crippen LogP contribution is 2.49. The quantitative estimate of drug-likeness (QED) is 0.0593. The molecule has 2 aliphatic rings. The molecule has 1 unspecified atom stereocenters. The predicted octanol–water partition coefficient (Wildman–Crippen LogP) is 6.70. The highest BCUT2D eigenvalue weighted by molar-refractivity contribution is 6.74. The summed E-state index contributed by atoms with van der Waals surface area (Å²) in [6.07, 6.45) is -3.01. The molecule has 0 spiro atoms. The maximum atomic E-state index is 14.3. The van der Waals surface area contributed by atoms with E-state index >= 15 is 0 Å². The van der Waals surface area contributed by atoms with Crippen molar-refractivity contribution in [3.8, 4) is 0 Å². The van der Waals surface area contributed by atoms with Crippen LogP contribution >= 0.6 is 0 Å². The zero-order chi connectivity index (χ0) is 38.6. The highest BCUT2D eigenvalue weighted by Gasteiger charge is 2.70. The minimum absolute atomic E-state index is 0.0448. The fourth-order valence-corrected chi connectivity index (χ4v) is 7.41. The zero-order valence-electron chi connectivity index (χ0n) is 32.1. The lowest BCUT2D eigenvalue weighted by Crippen LogP contribution is -2.67. The normalized spacial score (nSPS) is 24.0. The van der Waals surface area contributed by atoms with E-state index in [1.165, 1.54) is 12.0 Å². The Morgan fingerprint density at radius 1 is 1.02 bits per heavy atom. The number of carbonyl (C=O) groups excluding carboxylic acids is 4. The molecular weight excluding hydrogens is 678 g/mol. The monoisotopic (exact) mass is 733 g/mol. The van der Waals surface area contributed by atoms with Gasteiger partial charge in [0.15, 0.2) is 19.9 Å². The first-order valence-electron chi connectivity index (χ1n) is 17.1. The molecule has 2 aliphatic heterocycles. The van der Waals surface area contributed by atoms with Crippen molar-refractivity contribution < 1.29 is 47.3 Å². The zero-order valence-corrected chi connectivity index (χ0v) is 33.1. The van der Waals surface area contributed by atoms with Crippen LogP contribution in [-0.2, 0) is 44.3 Å². The molecule has 0 aromatic heterocycles. The van der Waals surface area contributed by atoms with Gasteiger partial charge in [-0.3, -0.25) is 9.80 Å². The summed E-state index contributed by atoms with van der Waals surface area (Å²) in [5, 5.41) is 3.90. The van der Waals surface area contributed by atoms with E-state index in [1.54, 1.807) is 58.9 Å². The number of likely N-dealkylation sites (tertiary alicyclic amines) is 1. The van der Waals surface area contributed by atoms with E-state index in [9.17, 15) is 24.7 Å². The van der Waals surface area contributed by atoms with Gasteiger partial charge in [-0.1, -0.05) is 56.2 Å². The van der Waals surface area contributed by atoms with E-state index in [-0.39, 0.29) is 37.5 Å². The number of esters is 2. The molecule has 0 radical (unpaired) electrons. The molecule has 3 rings (SSSR count). The maximum Gasteiger partial charge on any atom is 0.413 e. The SMILES string of the molecule is COC(=O)[C@H]1[C@@H]([C@@]2(C(=O)OC)CC[C@H](CC(CO[Si](C)(C)C(C)(C)C)N=[N+]=[N-])N2C(=O)OC(C)(C)C)OC(C)(C)N1C(=O)OCc1ccccc1. The fraction of sp³-hybridized carbons (Fsp3) is 0.714. The number of benzene rings is 1. The first-order chi connectivity index (χ1) is 23.6. The van der Waals surface area contributed by atoms with E-state index in [0.29, 0.717) is 5.56 Å². The van der Waals surface area contributed by atoms with Crippen molar-refractivity contribution in [2.24, 2.45) is 5.11 Å². The summed E-state index contributed by atoms with van der Waals surface area (Å²) in [5.74, 6) is -1.78. The number of methoxy groups -OCH3 is 2. The number of carbonyl (C=O) groups is 4. The molecule has 1 aromatic rings. The first kappa shape index (κ1) is 41.6. The largest absolute Gasteiger partial charge is 0.467 e. The van der Waals surface area contributed by atoms with E-state index in [2.05, 4.69) is 43.9 Å². The lowest BCUT2D eigenvalue weighted by molar-refractivity contribution is -0.171. The third-order valence-corrected chi connectivity index (χ3v) is 14.4. The van der Waals surface area contributed by atoms with Gasteiger partial charge in [-0.25, -0.2) is 19.2 Å². The summed E-state index contributed by atoms with van der Waals surface area (Å²) in [5.41, 5.74) is 5.72. The van der Waals surface area contributed by atoms with Crippen LogP contribution in [0.1, 0.15) is 80.2 Å². The Morgan fingerprint density at radius 2 is 1.65 bits per heavy atom. The minimum Gasteiger partial charge on any atom is -0.467 e. The number of nitrogens with zero attached hydrogens (tertiary/aromatic N) is 5. The van der Waals surface area contributed by atoms with Gasteiger partial charge < -0.3 is 28.1 Å².